The molecule has 0 saturated heterocycles. The van der Waals surface area contributed by atoms with E-state index in [9.17, 15) is 10.1 Å². The summed E-state index contributed by atoms with van der Waals surface area (Å²) in [5.74, 6) is 0.450. The van der Waals surface area contributed by atoms with Crippen LogP contribution in [0.25, 0.3) is 0 Å². The summed E-state index contributed by atoms with van der Waals surface area (Å²) in [4.78, 5) is 9.75. The zero-order chi connectivity index (χ0) is 9.52. The Kier molecular flexibility index (Phi) is 4.50. The van der Waals surface area contributed by atoms with Gasteiger partial charge in [0.1, 0.15) is 0 Å². The highest BCUT2D eigenvalue weighted by Crippen LogP contribution is 2.22. The van der Waals surface area contributed by atoms with E-state index >= 15 is 0 Å². The van der Waals surface area contributed by atoms with Crippen LogP contribution in [-0.2, 0) is 0 Å². The lowest BCUT2D eigenvalue weighted by Gasteiger charge is -2.14. The normalized spacial score (nSPS) is 21.2. The Morgan fingerprint density at radius 3 is 2.15 bits per heavy atom. The van der Waals surface area contributed by atoms with E-state index in [4.69, 9.17) is 0 Å². The van der Waals surface area contributed by atoms with Crippen LogP contribution in [0.2, 0.25) is 0 Å². The Labute approximate surface area is 79.0 Å². The molecule has 1 rings (SSSR count). The van der Waals surface area contributed by atoms with Gasteiger partial charge in [0.25, 0.3) is 0 Å². The molecule has 0 spiro atoms. The van der Waals surface area contributed by atoms with Crippen LogP contribution >= 0.6 is 0 Å². The van der Waals surface area contributed by atoms with E-state index in [1.54, 1.807) is 6.08 Å². The van der Waals surface area contributed by atoms with Crippen LogP contribution in [0.1, 0.15) is 44.9 Å². The third kappa shape index (κ3) is 4.65. The second kappa shape index (κ2) is 5.73. The first-order valence-corrected chi connectivity index (χ1v) is 5.11. The van der Waals surface area contributed by atoms with Gasteiger partial charge in [-0.25, -0.2) is 0 Å². The smallest absolute Gasteiger partial charge is 0.230 e. The number of rotatable bonds is 2. The summed E-state index contributed by atoms with van der Waals surface area (Å²) >= 11 is 0. The Hall–Kier alpha value is -0.860. The molecule has 1 saturated carbocycles. The van der Waals surface area contributed by atoms with Crippen LogP contribution in [0.15, 0.2) is 12.3 Å². The van der Waals surface area contributed by atoms with Crippen molar-refractivity contribution in [2.75, 3.05) is 0 Å². The van der Waals surface area contributed by atoms with Crippen molar-refractivity contribution >= 4 is 0 Å². The fourth-order valence-corrected chi connectivity index (χ4v) is 1.87. The van der Waals surface area contributed by atoms with Crippen molar-refractivity contribution in [3.05, 3.63) is 22.4 Å². The van der Waals surface area contributed by atoms with E-state index < -0.39 is 0 Å². The molecule has 0 N–H and O–H groups in total. The minimum atomic E-state index is -0.362. The summed E-state index contributed by atoms with van der Waals surface area (Å²) in [6.45, 7) is 0. The predicted octanol–water partition coefficient (Wildman–Crippen LogP) is 3.14. The summed E-state index contributed by atoms with van der Waals surface area (Å²) < 4.78 is 0. The van der Waals surface area contributed by atoms with Gasteiger partial charge in [0, 0.05) is 0 Å². The van der Waals surface area contributed by atoms with Crippen LogP contribution in [0.4, 0.5) is 0 Å². The number of allylic oxidation sites excluding steroid dienone is 1. The van der Waals surface area contributed by atoms with Crippen LogP contribution in [0.3, 0.4) is 0 Å². The van der Waals surface area contributed by atoms with Gasteiger partial charge in [-0.3, -0.25) is 10.1 Å². The molecule has 0 aromatic rings. The van der Waals surface area contributed by atoms with Gasteiger partial charge in [0.2, 0.25) is 6.20 Å². The van der Waals surface area contributed by atoms with E-state index in [1.807, 2.05) is 0 Å². The third-order valence-electron chi connectivity index (χ3n) is 2.63. The van der Waals surface area contributed by atoms with Gasteiger partial charge >= 0.3 is 0 Å². The minimum Gasteiger partial charge on any atom is -0.259 e. The maximum Gasteiger partial charge on any atom is 0.230 e. The monoisotopic (exact) mass is 183 g/mol. The highest BCUT2D eigenvalue weighted by molar-refractivity contribution is 4.83. The first-order chi connectivity index (χ1) is 6.29. The standard InChI is InChI=1S/C10H17NO2/c12-11(13)9-8-10-6-4-2-1-3-5-7-10/h8-10H,1-7H2/b9-8+. The molecule has 1 aliphatic carbocycles. The summed E-state index contributed by atoms with van der Waals surface area (Å²) in [7, 11) is 0. The molecule has 74 valence electrons. The van der Waals surface area contributed by atoms with Gasteiger partial charge in [0.05, 0.1) is 4.92 Å². The first kappa shape index (κ1) is 10.2. The quantitative estimate of drug-likeness (QED) is 0.487. The van der Waals surface area contributed by atoms with Gasteiger partial charge in [-0.1, -0.05) is 32.1 Å². The fraction of sp³-hybridized carbons (Fsp3) is 0.800. The molecule has 1 fully saturated rings. The first-order valence-electron chi connectivity index (χ1n) is 5.11. The van der Waals surface area contributed by atoms with Gasteiger partial charge in [-0.15, -0.1) is 0 Å². The Balaban J connectivity index is 2.33. The maximum atomic E-state index is 10.1. The van der Waals surface area contributed by atoms with Crippen molar-refractivity contribution in [3.8, 4) is 0 Å². The van der Waals surface area contributed by atoms with E-state index in [0.29, 0.717) is 5.92 Å². The van der Waals surface area contributed by atoms with Crippen molar-refractivity contribution in [2.45, 2.75) is 44.9 Å². The molecule has 0 amide bonds. The van der Waals surface area contributed by atoms with Crippen LogP contribution in [-0.4, -0.2) is 4.92 Å². The second-order valence-electron chi connectivity index (χ2n) is 3.73. The molecule has 3 heteroatoms. The lowest BCUT2D eigenvalue weighted by Crippen LogP contribution is -2.01. The van der Waals surface area contributed by atoms with Gasteiger partial charge in [0.15, 0.2) is 0 Å². The molecular formula is C10H17NO2. The van der Waals surface area contributed by atoms with Crippen LogP contribution in [0, 0.1) is 16.0 Å². The van der Waals surface area contributed by atoms with E-state index in [-0.39, 0.29) is 4.92 Å². The summed E-state index contributed by atoms with van der Waals surface area (Å²) in [6, 6.07) is 0. The number of hydrogen-bond donors (Lipinski definition) is 0. The van der Waals surface area contributed by atoms with E-state index in [0.717, 1.165) is 19.0 Å². The highest BCUT2D eigenvalue weighted by Gasteiger charge is 2.08. The van der Waals surface area contributed by atoms with Crippen molar-refractivity contribution in [2.24, 2.45) is 5.92 Å². The third-order valence-corrected chi connectivity index (χ3v) is 2.63. The fourth-order valence-electron chi connectivity index (χ4n) is 1.87. The van der Waals surface area contributed by atoms with Crippen molar-refractivity contribution in [1.29, 1.82) is 0 Å². The molecule has 13 heavy (non-hydrogen) atoms. The molecule has 0 atom stereocenters. The number of nitrogens with zero attached hydrogens (tertiary/aromatic N) is 1. The largest absolute Gasteiger partial charge is 0.259 e. The van der Waals surface area contributed by atoms with Gasteiger partial charge < -0.3 is 0 Å². The van der Waals surface area contributed by atoms with Gasteiger partial charge in [-0.05, 0) is 24.8 Å². The molecule has 0 aliphatic heterocycles. The van der Waals surface area contributed by atoms with Gasteiger partial charge in [-0.2, -0.15) is 0 Å². The Morgan fingerprint density at radius 2 is 1.62 bits per heavy atom. The zero-order valence-corrected chi connectivity index (χ0v) is 7.95. The lowest BCUT2D eigenvalue weighted by molar-refractivity contribution is -0.402. The van der Waals surface area contributed by atoms with Crippen LogP contribution < -0.4 is 0 Å². The maximum absolute atomic E-state index is 10.1. The molecular weight excluding hydrogens is 166 g/mol. The Bertz CT molecular complexity index is 181. The van der Waals surface area contributed by atoms with Crippen molar-refractivity contribution in [1.82, 2.24) is 0 Å². The average molecular weight is 183 g/mol. The summed E-state index contributed by atoms with van der Waals surface area (Å²) in [5.41, 5.74) is 0. The molecule has 0 aromatic heterocycles. The average Bonchev–Trinajstić information content (AvgIpc) is 2.01. The second-order valence-corrected chi connectivity index (χ2v) is 3.73. The summed E-state index contributed by atoms with van der Waals surface area (Å²) in [6.07, 6.45) is 11.5. The topological polar surface area (TPSA) is 43.1 Å². The van der Waals surface area contributed by atoms with Crippen molar-refractivity contribution < 1.29 is 4.92 Å². The number of hydrogen-bond acceptors (Lipinski definition) is 2. The van der Waals surface area contributed by atoms with E-state index in [2.05, 4.69) is 0 Å². The van der Waals surface area contributed by atoms with Crippen molar-refractivity contribution in [3.63, 3.8) is 0 Å². The minimum absolute atomic E-state index is 0.362. The molecule has 3 nitrogen and oxygen atoms in total. The summed E-state index contributed by atoms with van der Waals surface area (Å²) in [5, 5.41) is 10.1. The van der Waals surface area contributed by atoms with E-state index in [1.165, 1.54) is 32.1 Å². The SMILES string of the molecule is O=[N+]([O-])/C=C/C1CCCCCCC1. The zero-order valence-electron chi connectivity index (χ0n) is 7.95. The van der Waals surface area contributed by atoms with Crippen LogP contribution in [0.5, 0.6) is 0 Å². The molecule has 0 aromatic carbocycles. The highest BCUT2D eigenvalue weighted by atomic mass is 16.6. The predicted molar refractivity (Wildman–Crippen MR) is 51.9 cm³/mol. The Morgan fingerprint density at radius 1 is 1.08 bits per heavy atom. The molecule has 0 unspecified atom stereocenters. The lowest BCUT2D eigenvalue weighted by atomic mass is 9.91. The number of nitro groups is 1. The molecule has 1 aliphatic rings. The molecule has 0 heterocycles. The molecule has 0 bridgehead atoms. The molecule has 0 radical (unpaired) electrons.